The molecule has 6 heteroatoms. The lowest BCUT2D eigenvalue weighted by Gasteiger charge is -2.16. The fourth-order valence-electron chi connectivity index (χ4n) is 1.95. The Balaban J connectivity index is 3.61. The van der Waals surface area contributed by atoms with Gasteiger partial charge in [0.05, 0.1) is 21.8 Å². The van der Waals surface area contributed by atoms with Gasteiger partial charge in [-0.1, -0.05) is 0 Å². The van der Waals surface area contributed by atoms with E-state index in [0.29, 0.717) is 5.56 Å². The molecule has 0 amide bonds. The number of esters is 1. The van der Waals surface area contributed by atoms with Crippen LogP contribution in [0.25, 0.3) is 0 Å². The Morgan fingerprint density at radius 3 is 2.00 bits per heavy atom. The minimum Gasteiger partial charge on any atom is -0.459 e. The summed E-state index contributed by atoms with van der Waals surface area (Å²) in [6.07, 6.45) is -0.315. The highest BCUT2D eigenvalue weighted by molar-refractivity contribution is 7.92. The molecule has 0 fully saturated rings. The molecule has 5 nitrogen and oxygen atoms in total. The molecule has 0 radical (unpaired) electrons. The van der Waals surface area contributed by atoms with Crippen LogP contribution >= 0.6 is 0 Å². The number of ether oxygens (including phenoxy) is 1. The smallest absolute Gasteiger partial charge is 0.338 e. The van der Waals surface area contributed by atoms with Gasteiger partial charge >= 0.3 is 5.97 Å². The molecule has 1 aromatic rings. The van der Waals surface area contributed by atoms with E-state index in [0.717, 1.165) is 0 Å². The highest BCUT2D eigenvalue weighted by atomic mass is 32.2. The molecule has 0 aliphatic rings. The Hall–Kier alpha value is -1.69. The predicted octanol–water partition coefficient (Wildman–Crippen LogP) is 2.94. The second kappa shape index (κ2) is 6.60. The topological polar surface area (TPSA) is 77.5 Å². The van der Waals surface area contributed by atoms with Gasteiger partial charge in [0.2, 0.25) is 0 Å². The first kappa shape index (κ1) is 18.4. The summed E-state index contributed by atoms with van der Waals surface area (Å²) < 4.78 is 30.0. The van der Waals surface area contributed by atoms with E-state index in [1.54, 1.807) is 20.8 Å². The third-order valence-electron chi connectivity index (χ3n) is 3.20. The molecule has 1 aromatic carbocycles. The number of Topliss-reactive ketones (excluding diaryl/α,β-unsaturated/α-hetero) is 1. The molecule has 0 aliphatic carbocycles. The summed E-state index contributed by atoms with van der Waals surface area (Å²) in [6, 6.07) is 2.70. The Morgan fingerprint density at radius 2 is 1.59 bits per heavy atom. The molecule has 1 rings (SSSR count). The Morgan fingerprint density at radius 1 is 1.05 bits per heavy atom. The number of hydrogen-bond acceptors (Lipinski definition) is 5. The molecular formula is C16H22O5S. The van der Waals surface area contributed by atoms with Crippen molar-refractivity contribution in [1.82, 2.24) is 0 Å². The molecule has 0 spiro atoms. The predicted molar refractivity (Wildman–Crippen MR) is 84.1 cm³/mol. The number of carbonyl (C=O) groups is 2. The fraction of sp³-hybridized carbons (Fsp3) is 0.500. The molecule has 0 heterocycles. The van der Waals surface area contributed by atoms with Crippen LogP contribution in [0.4, 0.5) is 0 Å². The third kappa shape index (κ3) is 3.74. The zero-order valence-electron chi connectivity index (χ0n) is 13.8. The van der Waals surface area contributed by atoms with Crippen LogP contribution in [0.1, 0.15) is 60.9 Å². The Labute approximate surface area is 131 Å². The van der Waals surface area contributed by atoms with Crippen LogP contribution in [-0.4, -0.2) is 31.5 Å². The monoisotopic (exact) mass is 326 g/mol. The molecule has 0 atom stereocenters. The first-order chi connectivity index (χ1) is 9.98. The molecule has 22 heavy (non-hydrogen) atoms. The average Bonchev–Trinajstić information content (AvgIpc) is 2.36. The number of rotatable bonds is 5. The van der Waals surface area contributed by atoms with Gasteiger partial charge in [-0.25, -0.2) is 13.2 Å². The zero-order valence-corrected chi connectivity index (χ0v) is 14.6. The minimum atomic E-state index is -3.68. The third-order valence-corrected chi connectivity index (χ3v) is 5.39. The van der Waals surface area contributed by atoms with E-state index in [4.69, 9.17) is 4.74 Å². The summed E-state index contributed by atoms with van der Waals surface area (Å²) in [5.41, 5.74) is 0.781. The Kier molecular flexibility index (Phi) is 5.51. The van der Waals surface area contributed by atoms with E-state index < -0.39 is 21.1 Å². The molecule has 0 aliphatic heterocycles. The zero-order chi connectivity index (χ0) is 17.2. The number of sulfone groups is 1. The lowest BCUT2D eigenvalue weighted by molar-refractivity contribution is 0.0376. The van der Waals surface area contributed by atoms with Gasteiger partial charge in [-0.05, 0) is 59.2 Å². The average molecular weight is 326 g/mol. The van der Waals surface area contributed by atoms with Gasteiger partial charge in [-0.15, -0.1) is 0 Å². The second-order valence-corrected chi connectivity index (χ2v) is 8.24. The van der Waals surface area contributed by atoms with Gasteiger partial charge in [0, 0.05) is 5.56 Å². The summed E-state index contributed by atoms with van der Waals surface area (Å²) in [5.74, 6) is -0.950. The lowest BCUT2D eigenvalue weighted by Crippen LogP contribution is -2.20. The van der Waals surface area contributed by atoms with Crippen LogP contribution in [0, 0.1) is 6.92 Å². The van der Waals surface area contributed by atoms with Gasteiger partial charge in [-0.2, -0.15) is 0 Å². The quantitative estimate of drug-likeness (QED) is 0.614. The highest BCUT2D eigenvalue weighted by Gasteiger charge is 2.27. The summed E-state index contributed by atoms with van der Waals surface area (Å²) in [7, 11) is -3.68. The maximum absolute atomic E-state index is 12.5. The first-order valence-corrected chi connectivity index (χ1v) is 8.63. The Bertz CT molecular complexity index is 699. The van der Waals surface area contributed by atoms with Gasteiger partial charge in [0.15, 0.2) is 15.6 Å². The SMILES string of the molecule is CC(=O)c1cc(C)c(C(=O)OC(C)C)cc1S(=O)(=O)C(C)C. The number of benzene rings is 1. The van der Waals surface area contributed by atoms with Crippen LogP contribution < -0.4 is 0 Å². The van der Waals surface area contributed by atoms with Crippen molar-refractivity contribution in [2.24, 2.45) is 0 Å². The van der Waals surface area contributed by atoms with E-state index in [2.05, 4.69) is 0 Å². The van der Waals surface area contributed by atoms with Crippen LogP contribution in [0.3, 0.4) is 0 Å². The van der Waals surface area contributed by atoms with Crippen LogP contribution in [-0.2, 0) is 14.6 Å². The summed E-state index contributed by atoms with van der Waals surface area (Å²) in [4.78, 5) is 23.8. The molecule has 122 valence electrons. The summed E-state index contributed by atoms with van der Waals surface area (Å²) >= 11 is 0. The maximum atomic E-state index is 12.5. The molecule has 0 bridgehead atoms. The molecule has 0 N–H and O–H groups in total. The normalized spacial score (nSPS) is 11.8. The van der Waals surface area contributed by atoms with Crippen molar-refractivity contribution in [2.45, 2.75) is 57.8 Å². The van der Waals surface area contributed by atoms with Gasteiger partial charge in [-0.3, -0.25) is 4.79 Å². The molecule has 0 saturated carbocycles. The number of hydrogen-bond donors (Lipinski definition) is 0. The van der Waals surface area contributed by atoms with Crippen molar-refractivity contribution in [1.29, 1.82) is 0 Å². The van der Waals surface area contributed by atoms with Crippen molar-refractivity contribution in [2.75, 3.05) is 0 Å². The van der Waals surface area contributed by atoms with Crippen LogP contribution in [0.2, 0.25) is 0 Å². The molecule has 0 aromatic heterocycles. The van der Waals surface area contributed by atoms with E-state index in [1.165, 1.54) is 32.9 Å². The van der Waals surface area contributed by atoms with Gasteiger partial charge in [0.1, 0.15) is 0 Å². The van der Waals surface area contributed by atoms with Crippen LogP contribution in [0.5, 0.6) is 0 Å². The van der Waals surface area contributed by atoms with E-state index in [1.807, 2.05) is 0 Å². The van der Waals surface area contributed by atoms with Gasteiger partial charge < -0.3 is 4.74 Å². The number of carbonyl (C=O) groups excluding carboxylic acids is 2. The van der Waals surface area contributed by atoms with Crippen molar-refractivity contribution in [3.63, 3.8) is 0 Å². The van der Waals surface area contributed by atoms with E-state index >= 15 is 0 Å². The van der Waals surface area contributed by atoms with Crippen molar-refractivity contribution < 1.29 is 22.7 Å². The summed E-state index contributed by atoms with van der Waals surface area (Å²) in [6.45, 7) is 9.44. The lowest BCUT2D eigenvalue weighted by atomic mass is 10.0. The van der Waals surface area contributed by atoms with Crippen molar-refractivity contribution in [3.05, 3.63) is 28.8 Å². The maximum Gasteiger partial charge on any atom is 0.338 e. The van der Waals surface area contributed by atoms with Crippen molar-refractivity contribution in [3.8, 4) is 0 Å². The largest absolute Gasteiger partial charge is 0.459 e. The van der Waals surface area contributed by atoms with Crippen molar-refractivity contribution >= 4 is 21.6 Å². The number of ketones is 1. The highest BCUT2D eigenvalue weighted by Crippen LogP contribution is 2.26. The second-order valence-electron chi connectivity index (χ2n) is 5.77. The molecular weight excluding hydrogens is 304 g/mol. The molecule has 0 saturated heterocycles. The first-order valence-electron chi connectivity index (χ1n) is 7.09. The standard InChI is InChI=1S/C16H22O5S/c1-9(2)21-16(18)13-8-15(22(19,20)10(3)4)14(12(6)17)7-11(13)5/h7-10H,1-6H3. The van der Waals surface area contributed by atoms with E-state index in [9.17, 15) is 18.0 Å². The van der Waals surface area contributed by atoms with Gasteiger partial charge in [0.25, 0.3) is 0 Å². The van der Waals surface area contributed by atoms with E-state index in [-0.39, 0.29) is 27.9 Å². The van der Waals surface area contributed by atoms with Crippen LogP contribution in [0.15, 0.2) is 17.0 Å². The number of aryl methyl sites for hydroxylation is 1. The fourth-order valence-corrected chi connectivity index (χ4v) is 3.25. The summed E-state index contributed by atoms with van der Waals surface area (Å²) in [5, 5.41) is -0.692. The molecule has 0 unspecified atom stereocenters. The minimum absolute atomic E-state index is 0.104.